The Balaban J connectivity index is 1.19. The van der Waals surface area contributed by atoms with Gasteiger partial charge in [-0.25, -0.2) is 9.18 Å². The van der Waals surface area contributed by atoms with Crippen molar-refractivity contribution in [1.29, 1.82) is 0 Å². The largest absolute Gasteiger partial charge is 0.442 e. The molecule has 1 aromatic heterocycles. The number of likely N-dealkylation sites (tertiary alicyclic amines) is 1. The predicted molar refractivity (Wildman–Crippen MR) is 128 cm³/mol. The third-order valence-electron chi connectivity index (χ3n) is 6.84. The second-order valence-electron chi connectivity index (χ2n) is 9.17. The van der Waals surface area contributed by atoms with Gasteiger partial charge < -0.3 is 15.0 Å². The second kappa shape index (κ2) is 9.46. The number of para-hydroxylation sites is 1. The van der Waals surface area contributed by atoms with Crippen molar-refractivity contribution in [1.82, 2.24) is 15.2 Å². The van der Waals surface area contributed by atoms with Crippen LogP contribution in [0.1, 0.15) is 36.8 Å². The Morgan fingerprint density at radius 3 is 2.76 bits per heavy atom. The highest BCUT2D eigenvalue weighted by atomic mass is 19.1. The molecular formula is C26H29FN4O3. The molecule has 2 aromatic carbocycles. The number of H-pyrrole nitrogens is 1. The first-order chi connectivity index (χ1) is 16.5. The molecule has 34 heavy (non-hydrogen) atoms. The Hall–Kier alpha value is -3.39. The number of ether oxygens (including phenoxy) is 1. The molecule has 0 aliphatic carbocycles. The van der Waals surface area contributed by atoms with Gasteiger partial charge >= 0.3 is 6.09 Å². The standard InChI is InChI=1S/C26H29FN4O3/c1-17(32)28-14-21-16-31(26(33)34-21)20-6-7-22(24(27)12-20)18-8-10-30(11-9-18)15-19-13-29-25-5-3-2-4-23(19)25/h2-7,12-13,18,21,29H,8-11,14-16H2,1H3,(H,28,32). The number of amides is 2. The average Bonchev–Trinajstić information content (AvgIpc) is 3.41. The number of carbonyl (C=O) groups is 2. The third-order valence-corrected chi connectivity index (χ3v) is 6.84. The fourth-order valence-electron chi connectivity index (χ4n) is 5.02. The summed E-state index contributed by atoms with van der Waals surface area (Å²) >= 11 is 0. The number of halogens is 1. The molecule has 2 N–H and O–H groups in total. The van der Waals surface area contributed by atoms with Crippen LogP contribution in [0.15, 0.2) is 48.7 Å². The summed E-state index contributed by atoms with van der Waals surface area (Å²) in [7, 11) is 0. The summed E-state index contributed by atoms with van der Waals surface area (Å²) < 4.78 is 20.4. The molecule has 7 nitrogen and oxygen atoms in total. The molecule has 2 aliphatic rings. The number of nitrogens with zero attached hydrogens (tertiary/aromatic N) is 2. The first-order valence-corrected chi connectivity index (χ1v) is 11.8. The molecule has 1 atom stereocenters. The van der Waals surface area contributed by atoms with Crippen LogP contribution in [0, 0.1) is 5.82 Å². The van der Waals surface area contributed by atoms with Crippen molar-refractivity contribution in [2.45, 2.75) is 38.3 Å². The van der Waals surface area contributed by atoms with Gasteiger partial charge in [0.1, 0.15) is 11.9 Å². The highest BCUT2D eigenvalue weighted by Crippen LogP contribution is 2.33. The molecule has 2 amide bonds. The van der Waals surface area contributed by atoms with E-state index in [9.17, 15) is 9.59 Å². The summed E-state index contributed by atoms with van der Waals surface area (Å²) in [5, 5.41) is 3.90. The van der Waals surface area contributed by atoms with Crippen LogP contribution >= 0.6 is 0 Å². The van der Waals surface area contributed by atoms with Gasteiger partial charge in [-0.3, -0.25) is 14.6 Å². The van der Waals surface area contributed by atoms with E-state index in [4.69, 9.17) is 4.74 Å². The topological polar surface area (TPSA) is 77.7 Å². The molecular weight excluding hydrogens is 435 g/mol. The zero-order chi connectivity index (χ0) is 23.7. The molecule has 2 saturated heterocycles. The van der Waals surface area contributed by atoms with Gasteiger partial charge in [0.25, 0.3) is 0 Å². The lowest BCUT2D eigenvalue weighted by Gasteiger charge is -2.32. The van der Waals surface area contributed by atoms with Crippen molar-refractivity contribution < 1.29 is 18.7 Å². The van der Waals surface area contributed by atoms with E-state index in [1.54, 1.807) is 12.1 Å². The smallest absolute Gasteiger partial charge is 0.414 e. The van der Waals surface area contributed by atoms with Gasteiger partial charge in [-0.15, -0.1) is 0 Å². The lowest BCUT2D eigenvalue weighted by atomic mass is 9.88. The SMILES string of the molecule is CC(=O)NCC1CN(c2ccc(C3CCN(Cc4c[nH]c5ccccc45)CC3)c(F)c2)C(=O)O1. The molecule has 3 heterocycles. The molecule has 2 fully saturated rings. The van der Waals surface area contributed by atoms with Crippen LogP contribution in [0.3, 0.4) is 0 Å². The van der Waals surface area contributed by atoms with Crippen molar-refractivity contribution >= 4 is 28.6 Å². The number of fused-ring (bicyclic) bond motifs is 1. The number of aromatic amines is 1. The number of nitrogens with one attached hydrogen (secondary N) is 2. The Labute approximate surface area is 197 Å². The highest BCUT2D eigenvalue weighted by Gasteiger charge is 2.33. The van der Waals surface area contributed by atoms with E-state index in [0.717, 1.165) is 38.0 Å². The van der Waals surface area contributed by atoms with E-state index in [2.05, 4.69) is 39.6 Å². The third kappa shape index (κ3) is 4.63. The van der Waals surface area contributed by atoms with E-state index < -0.39 is 12.2 Å². The number of carbonyl (C=O) groups excluding carboxylic acids is 2. The van der Waals surface area contributed by atoms with Crippen LogP contribution in [0.4, 0.5) is 14.9 Å². The lowest BCUT2D eigenvalue weighted by molar-refractivity contribution is -0.119. The van der Waals surface area contributed by atoms with Crippen LogP contribution in [0.2, 0.25) is 0 Å². The lowest BCUT2D eigenvalue weighted by Crippen LogP contribution is -2.33. The van der Waals surface area contributed by atoms with Crippen LogP contribution in [0.5, 0.6) is 0 Å². The monoisotopic (exact) mass is 464 g/mol. The van der Waals surface area contributed by atoms with Crippen molar-refractivity contribution in [2.24, 2.45) is 0 Å². The minimum absolute atomic E-state index is 0.159. The van der Waals surface area contributed by atoms with Gasteiger partial charge in [0, 0.05) is 30.6 Å². The first kappa shape index (κ1) is 22.4. The zero-order valence-electron chi connectivity index (χ0n) is 19.2. The normalized spacial score (nSPS) is 19.5. The van der Waals surface area contributed by atoms with Crippen molar-refractivity contribution in [3.05, 3.63) is 65.6 Å². The van der Waals surface area contributed by atoms with Crippen LogP contribution < -0.4 is 10.2 Å². The molecule has 0 radical (unpaired) electrons. The van der Waals surface area contributed by atoms with Gasteiger partial charge in [0.05, 0.1) is 18.8 Å². The molecule has 8 heteroatoms. The van der Waals surface area contributed by atoms with Crippen LogP contribution in [-0.4, -0.2) is 54.2 Å². The predicted octanol–water partition coefficient (Wildman–Crippen LogP) is 4.15. The van der Waals surface area contributed by atoms with E-state index in [0.29, 0.717) is 11.3 Å². The maximum absolute atomic E-state index is 15.1. The molecule has 0 spiro atoms. The minimum Gasteiger partial charge on any atom is -0.442 e. The average molecular weight is 465 g/mol. The number of cyclic esters (lactones) is 1. The van der Waals surface area contributed by atoms with Gasteiger partial charge in [0.2, 0.25) is 5.91 Å². The molecule has 178 valence electrons. The molecule has 0 bridgehead atoms. The Morgan fingerprint density at radius 1 is 1.21 bits per heavy atom. The van der Waals surface area contributed by atoms with Gasteiger partial charge in [-0.05, 0) is 61.2 Å². The van der Waals surface area contributed by atoms with Crippen LogP contribution in [0.25, 0.3) is 10.9 Å². The number of hydrogen-bond acceptors (Lipinski definition) is 4. The summed E-state index contributed by atoms with van der Waals surface area (Å²) in [5.74, 6) is -0.311. The highest BCUT2D eigenvalue weighted by molar-refractivity contribution is 5.90. The van der Waals surface area contributed by atoms with Gasteiger partial charge in [-0.2, -0.15) is 0 Å². The zero-order valence-corrected chi connectivity index (χ0v) is 19.2. The van der Waals surface area contributed by atoms with E-state index >= 15 is 4.39 Å². The number of rotatable bonds is 6. The van der Waals surface area contributed by atoms with Crippen molar-refractivity contribution in [3.63, 3.8) is 0 Å². The molecule has 1 unspecified atom stereocenters. The molecule has 2 aliphatic heterocycles. The number of hydrogen-bond donors (Lipinski definition) is 2. The fourth-order valence-corrected chi connectivity index (χ4v) is 5.02. The van der Waals surface area contributed by atoms with E-state index in [1.165, 1.54) is 28.8 Å². The summed E-state index contributed by atoms with van der Waals surface area (Å²) in [4.78, 5) is 30.5. The van der Waals surface area contributed by atoms with E-state index in [1.807, 2.05) is 6.07 Å². The molecule has 5 rings (SSSR count). The summed E-state index contributed by atoms with van der Waals surface area (Å²) in [5.41, 5.74) is 3.63. The summed E-state index contributed by atoms with van der Waals surface area (Å²) in [6, 6.07) is 13.3. The Kier molecular flexibility index (Phi) is 6.24. The minimum atomic E-state index is -0.520. The molecule has 0 saturated carbocycles. The van der Waals surface area contributed by atoms with E-state index in [-0.39, 0.29) is 30.7 Å². The number of anilines is 1. The maximum atomic E-state index is 15.1. The maximum Gasteiger partial charge on any atom is 0.414 e. The number of piperidine rings is 1. The van der Waals surface area contributed by atoms with Crippen molar-refractivity contribution in [2.75, 3.05) is 31.1 Å². The quantitative estimate of drug-likeness (QED) is 0.575. The summed E-state index contributed by atoms with van der Waals surface area (Å²) in [6.07, 6.45) is 2.90. The second-order valence-corrected chi connectivity index (χ2v) is 9.17. The fraction of sp³-hybridized carbons (Fsp3) is 0.385. The number of aromatic nitrogens is 1. The Morgan fingerprint density at radius 2 is 2.00 bits per heavy atom. The number of benzene rings is 2. The first-order valence-electron chi connectivity index (χ1n) is 11.8. The molecule has 3 aromatic rings. The van der Waals surface area contributed by atoms with Crippen molar-refractivity contribution in [3.8, 4) is 0 Å². The van der Waals surface area contributed by atoms with Gasteiger partial charge in [-0.1, -0.05) is 24.3 Å². The van der Waals surface area contributed by atoms with Gasteiger partial charge in [0.15, 0.2) is 0 Å². The summed E-state index contributed by atoms with van der Waals surface area (Å²) in [6.45, 7) is 4.65. The Bertz CT molecular complexity index is 1200. The van der Waals surface area contributed by atoms with Crippen LogP contribution in [-0.2, 0) is 16.1 Å².